The van der Waals surface area contributed by atoms with Gasteiger partial charge in [-0.15, -0.1) is 0 Å². The summed E-state index contributed by atoms with van der Waals surface area (Å²) in [5.41, 5.74) is 2.49. The summed E-state index contributed by atoms with van der Waals surface area (Å²) >= 11 is 0. The molecule has 2 aromatic rings. The van der Waals surface area contributed by atoms with Crippen LogP contribution in [0.3, 0.4) is 0 Å². The molecule has 0 aliphatic carbocycles. The van der Waals surface area contributed by atoms with Crippen LogP contribution >= 0.6 is 0 Å². The molecular weight excluding hydrogens is 286 g/mol. The van der Waals surface area contributed by atoms with Crippen molar-refractivity contribution in [2.24, 2.45) is 0 Å². The summed E-state index contributed by atoms with van der Waals surface area (Å²) in [5.74, 6) is 0.701. The van der Waals surface area contributed by atoms with Gasteiger partial charge in [0.25, 0.3) is 10.0 Å². The third-order valence-corrected chi connectivity index (χ3v) is 4.63. The van der Waals surface area contributed by atoms with E-state index in [0.29, 0.717) is 17.9 Å². The predicted octanol–water partition coefficient (Wildman–Crippen LogP) is 3.37. The Morgan fingerprint density at radius 3 is 2.33 bits per heavy atom. The lowest BCUT2D eigenvalue weighted by atomic mass is 10.1. The lowest BCUT2D eigenvalue weighted by Crippen LogP contribution is -2.13. The number of ether oxygens (including phenoxy) is 1. The molecule has 0 aliphatic heterocycles. The summed E-state index contributed by atoms with van der Waals surface area (Å²) in [6.07, 6.45) is 0.705. The van der Waals surface area contributed by atoms with Crippen LogP contribution in [-0.2, 0) is 16.4 Å². The Bertz CT molecular complexity index is 722. The van der Waals surface area contributed by atoms with Gasteiger partial charge in [0, 0.05) is 5.69 Å². The standard InChI is InChI=1S/C16H19NO3S/c1-4-13-11-15(9-10-16(13)20-3)21(18,19)17-14-7-5-12(2)6-8-14/h5-11,17H,4H2,1-3H3. The Labute approximate surface area is 125 Å². The second-order valence-corrected chi connectivity index (χ2v) is 6.48. The Hall–Kier alpha value is -2.01. The molecule has 0 radical (unpaired) electrons. The van der Waals surface area contributed by atoms with Crippen molar-refractivity contribution in [2.75, 3.05) is 11.8 Å². The highest BCUT2D eigenvalue weighted by Crippen LogP contribution is 2.24. The van der Waals surface area contributed by atoms with Crippen LogP contribution in [0.4, 0.5) is 5.69 Å². The molecule has 5 heteroatoms. The minimum atomic E-state index is -3.59. The van der Waals surface area contributed by atoms with E-state index >= 15 is 0 Å². The highest BCUT2D eigenvalue weighted by atomic mass is 32.2. The molecule has 4 nitrogen and oxygen atoms in total. The van der Waals surface area contributed by atoms with Gasteiger partial charge in [-0.1, -0.05) is 24.6 Å². The first-order chi connectivity index (χ1) is 9.96. The predicted molar refractivity (Wildman–Crippen MR) is 84.4 cm³/mol. The molecule has 2 rings (SSSR count). The fourth-order valence-corrected chi connectivity index (χ4v) is 3.14. The van der Waals surface area contributed by atoms with E-state index in [1.807, 2.05) is 26.0 Å². The zero-order valence-electron chi connectivity index (χ0n) is 12.4. The van der Waals surface area contributed by atoms with Crippen LogP contribution in [0.1, 0.15) is 18.1 Å². The number of hydrogen-bond acceptors (Lipinski definition) is 3. The van der Waals surface area contributed by atoms with Crippen LogP contribution in [0.5, 0.6) is 5.75 Å². The first-order valence-electron chi connectivity index (χ1n) is 6.72. The summed E-state index contributed by atoms with van der Waals surface area (Å²) in [4.78, 5) is 0.237. The molecule has 0 heterocycles. The second-order valence-electron chi connectivity index (χ2n) is 4.80. The normalized spacial score (nSPS) is 11.2. The molecule has 0 saturated heterocycles. The summed E-state index contributed by atoms with van der Waals surface area (Å²) < 4.78 is 32.6. The Balaban J connectivity index is 2.33. The highest BCUT2D eigenvalue weighted by molar-refractivity contribution is 7.92. The molecule has 0 spiro atoms. The fraction of sp³-hybridized carbons (Fsp3) is 0.250. The Morgan fingerprint density at radius 2 is 1.76 bits per heavy atom. The van der Waals surface area contributed by atoms with E-state index in [9.17, 15) is 8.42 Å². The lowest BCUT2D eigenvalue weighted by Gasteiger charge is -2.11. The molecule has 0 saturated carbocycles. The molecule has 21 heavy (non-hydrogen) atoms. The molecule has 0 bridgehead atoms. The van der Waals surface area contributed by atoms with Gasteiger partial charge in [-0.25, -0.2) is 8.42 Å². The maximum absolute atomic E-state index is 12.4. The third kappa shape index (κ3) is 3.55. The van der Waals surface area contributed by atoms with Gasteiger partial charge >= 0.3 is 0 Å². The Morgan fingerprint density at radius 1 is 1.10 bits per heavy atom. The first-order valence-corrected chi connectivity index (χ1v) is 8.21. The maximum Gasteiger partial charge on any atom is 0.261 e. The summed E-state index contributed by atoms with van der Waals surface area (Å²) in [6, 6.07) is 12.1. The van der Waals surface area contributed by atoms with Crippen molar-refractivity contribution in [2.45, 2.75) is 25.2 Å². The monoisotopic (exact) mass is 305 g/mol. The summed E-state index contributed by atoms with van der Waals surface area (Å²) in [6.45, 7) is 3.91. The minimum Gasteiger partial charge on any atom is -0.496 e. The molecule has 0 aliphatic rings. The first kappa shape index (κ1) is 15.4. The molecule has 0 atom stereocenters. The zero-order chi connectivity index (χ0) is 15.5. The van der Waals surface area contributed by atoms with Crippen molar-refractivity contribution in [3.8, 4) is 5.75 Å². The van der Waals surface area contributed by atoms with Crippen molar-refractivity contribution in [1.82, 2.24) is 0 Å². The number of sulfonamides is 1. The molecule has 0 amide bonds. The highest BCUT2D eigenvalue weighted by Gasteiger charge is 2.16. The number of hydrogen-bond donors (Lipinski definition) is 1. The lowest BCUT2D eigenvalue weighted by molar-refractivity contribution is 0.409. The van der Waals surface area contributed by atoms with Crippen LogP contribution in [0.25, 0.3) is 0 Å². The SMILES string of the molecule is CCc1cc(S(=O)(=O)Nc2ccc(C)cc2)ccc1OC. The van der Waals surface area contributed by atoms with Crippen LogP contribution < -0.4 is 9.46 Å². The second kappa shape index (κ2) is 6.18. The van der Waals surface area contributed by atoms with Crippen LogP contribution in [0.2, 0.25) is 0 Å². The molecular formula is C16H19NO3S. The van der Waals surface area contributed by atoms with Gasteiger partial charge in [-0.2, -0.15) is 0 Å². The number of methoxy groups -OCH3 is 1. The number of benzene rings is 2. The largest absolute Gasteiger partial charge is 0.496 e. The molecule has 0 aromatic heterocycles. The number of nitrogens with one attached hydrogen (secondary N) is 1. The molecule has 0 fully saturated rings. The average molecular weight is 305 g/mol. The van der Waals surface area contributed by atoms with E-state index in [2.05, 4.69) is 4.72 Å². The number of aryl methyl sites for hydroxylation is 2. The van der Waals surface area contributed by atoms with Crippen LogP contribution in [0.15, 0.2) is 47.4 Å². The van der Waals surface area contributed by atoms with Gasteiger partial charge in [-0.05, 0) is 49.2 Å². The smallest absolute Gasteiger partial charge is 0.261 e. The van der Waals surface area contributed by atoms with Crippen molar-refractivity contribution >= 4 is 15.7 Å². The van der Waals surface area contributed by atoms with Gasteiger partial charge in [0.15, 0.2) is 0 Å². The number of anilines is 1. The maximum atomic E-state index is 12.4. The minimum absolute atomic E-state index is 0.237. The van der Waals surface area contributed by atoms with Gasteiger partial charge in [-0.3, -0.25) is 4.72 Å². The molecule has 1 N–H and O–H groups in total. The zero-order valence-corrected chi connectivity index (χ0v) is 13.2. The van der Waals surface area contributed by atoms with E-state index in [1.165, 1.54) is 0 Å². The molecule has 0 unspecified atom stereocenters. The van der Waals surface area contributed by atoms with Gasteiger partial charge in [0.1, 0.15) is 5.75 Å². The summed E-state index contributed by atoms with van der Waals surface area (Å²) in [5, 5.41) is 0. The van der Waals surface area contributed by atoms with Gasteiger partial charge in [0.2, 0.25) is 0 Å². The van der Waals surface area contributed by atoms with E-state index < -0.39 is 10.0 Å². The summed E-state index contributed by atoms with van der Waals surface area (Å²) in [7, 11) is -2.01. The van der Waals surface area contributed by atoms with Crippen molar-refractivity contribution in [3.63, 3.8) is 0 Å². The molecule has 2 aromatic carbocycles. The van der Waals surface area contributed by atoms with E-state index in [4.69, 9.17) is 4.74 Å². The van der Waals surface area contributed by atoms with Crippen molar-refractivity contribution in [1.29, 1.82) is 0 Å². The molecule has 112 valence electrons. The van der Waals surface area contributed by atoms with Gasteiger partial charge < -0.3 is 4.74 Å². The number of rotatable bonds is 5. The van der Waals surface area contributed by atoms with Crippen LogP contribution in [0, 0.1) is 6.92 Å². The fourth-order valence-electron chi connectivity index (χ4n) is 2.03. The van der Waals surface area contributed by atoms with Crippen molar-refractivity contribution < 1.29 is 13.2 Å². The average Bonchev–Trinajstić information content (AvgIpc) is 2.48. The van der Waals surface area contributed by atoms with E-state index in [1.54, 1.807) is 37.4 Å². The third-order valence-electron chi connectivity index (χ3n) is 3.25. The topological polar surface area (TPSA) is 55.4 Å². The van der Waals surface area contributed by atoms with E-state index in [0.717, 1.165) is 11.1 Å². The van der Waals surface area contributed by atoms with Crippen molar-refractivity contribution in [3.05, 3.63) is 53.6 Å². The Kier molecular flexibility index (Phi) is 4.53. The quantitative estimate of drug-likeness (QED) is 0.921. The van der Waals surface area contributed by atoms with Crippen LogP contribution in [-0.4, -0.2) is 15.5 Å². The van der Waals surface area contributed by atoms with Gasteiger partial charge in [0.05, 0.1) is 12.0 Å². The van der Waals surface area contributed by atoms with E-state index in [-0.39, 0.29) is 4.90 Å².